The van der Waals surface area contributed by atoms with Crippen LogP contribution in [0.25, 0.3) is 0 Å². The van der Waals surface area contributed by atoms with Gasteiger partial charge in [0, 0.05) is 38.1 Å². The van der Waals surface area contributed by atoms with E-state index in [1.165, 1.54) is 23.5 Å². The van der Waals surface area contributed by atoms with Crippen molar-refractivity contribution in [3.8, 4) is 17.2 Å². The van der Waals surface area contributed by atoms with Gasteiger partial charge in [-0.05, 0) is 41.8 Å². The van der Waals surface area contributed by atoms with Gasteiger partial charge in [-0.15, -0.1) is 0 Å². The summed E-state index contributed by atoms with van der Waals surface area (Å²) in [7, 11) is -2.69. The van der Waals surface area contributed by atoms with Crippen LogP contribution in [0.3, 0.4) is 0 Å². The highest BCUT2D eigenvalue weighted by Crippen LogP contribution is 2.48. The first kappa shape index (κ1) is 32.8. The number of aliphatic carboxylic acids is 1. The summed E-state index contributed by atoms with van der Waals surface area (Å²) in [6, 6.07) is 8.52. The number of sulfonamides is 1. The van der Waals surface area contributed by atoms with Crippen LogP contribution >= 0.6 is 0 Å². The zero-order valence-electron chi connectivity index (χ0n) is 23.7. The first-order valence-corrected chi connectivity index (χ1v) is 15.3. The van der Waals surface area contributed by atoms with E-state index in [9.17, 15) is 35.9 Å². The molecule has 0 aromatic heterocycles. The second kappa shape index (κ2) is 13.7. The summed E-state index contributed by atoms with van der Waals surface area (Å²) in [4.78, 5) is 14.6. The van der Waals surface area contributed by atoms with E-state index in [0.29, 0.717) is 29.0 Å². The topological polar surface area (TPSA) is 115 Å². The first-order valence-electron chi connectivity index (χ1n) is 13.7. The number of hydrogen-bond acceptors (Lipinski definition) is 8. The molecule has 15 heteroatoms. The van der Waals surface area contributed by atoms with Gasteiger partial charge in [0.25, 0.3) is 0 Å². The van der Waals surface area contributed by atoms with Gasteiger partial charge in [0.1, 0.15) is 6.61 Å². The maximum atomic E-state index is 14.8. The molecule has 2 aromatic rings. The lowest BCUT2D eigenvalue weighted by molar-refractivity contribution is -0.172. The minimum atomic E-state index is -4.58. The average Bonchev–Trinajstić information content (AvgIpc) is 3.57. The number of alkyl halides is 3. The van der Waals surface area contributed by atoms with E-state index in [2.05, 4.69) is 4.74 Å². The molecule has 4 rings (SSSR count). The zero-order chi connectivity index (χ0) is 31.4. The van der Waals surface area contributed by atoms with Crippen molar-refractivity contribution in [2.45, 2.75) is 31.5 Å². The van der Waals surface area contributed by atoms with Crippen LogP contribution < -0.4 is 14.2 Å². The van der Waals surface area contributed by atoms with Gasteiger partial charge < -0.3 is 24.1 Å². The summed E-state index contributed by atoms with van der Waals surface area (Å²) in [6.07, 6.45) is -4.14. The Labute approximate surface area is 247 Å². The lowest BCUT2D eigenvalue weighted by Gasteiger charge is -2.30. The Morgan fingerprint density at radius 3 is 2.49 bits per heavy atom. The lowest BCUT2D eigenvalue weighted by atomic mass is 9.82. The molecule has 1 N–H and O–H groups in total. The summed E-state index contributed by atoms with van der Waals surface area (Å²) in [6.45, 7) is -0.0769. The minimum Gasteiger partial charge on any atom is -0.494 e. The predicted molar refractivity (Wildman–Crippen MR) is 146 cm³/mol. The molecule has 2 aliphatic heterocycles. The number of benzene rings is 2. The van der Waals surface area contributed by atoms with E-state index >= 15 is 0 Å². The molecule has 2 aliphatic rings. The second-order valence-electron chi connectivity index (χ2n) is 10.3. The standard InChI is InChI=1S/C28H34F4N2O8S/c1-3-8-34(43(37,38)12-11-40-16-28(30,31)32)10-9-33-15-20(18-4-7-23-24(14-18)42-17-41-23)25(27(35)36)26(33)19-5-6-22(39-2)21(29)13-19/h4-7,13-14,20,25-26H,3,8-12,15-17H2,1-2H3,(H,35,36)/t20-,25-,26+/m1/s1. The molecule has 1 fully saturated rings. The molecule has 2 aromatic carbocycles. The van der Waals surface area contributed by atoms with Gasteiger partial charge in [0.2, 0.25) is 16.8 Å². The summed E-state index contributed by atoms with van der Waals surface area (Å²) < 4.78 is 99.8. The minimum absolute atomic E-state index is 0.0135. The van der Waals surface area contributed by atoms with Crippen molar-refractivity contribution in [3.05, 3.63) is 53.3 Å². The van der Waals surface area contributed by atoms with E-state index in [4.69, 9.17) is 14.2 Å². The molecular formula is C28H34F4N2O8S. The number of carbonyl (C=O) groups is 1. The normalized spacial score (nSPS) is 20.6. The second-order valence-corrected chi connectivity index (χ2v) is 12.4. The van der Waals surface area contributed by atoms with Gasteiger partial charge in [-0.25, -0.2) is 17.1 Å². The molecule has 1 saturated heterocycles. The number of nitrogens with zero attached hydrogens (tertiary/aromatic N) is 2. The van der Waals surface area contributed by atoms with Crippen LogP contribution in [0.5, 0.6) is 17.2 Å². The molecule has 0 saturated carbocycles. The lowest BCUT2D eigenvalue weighted by Crippen LogP contribution is -2.41. The van der Waals surface area contributed by atoms with Gasteiger partial charge in [-0.1, -0.05) is 19.1 Å². The fraction of sp³-hybridized carbons (Fsp3) is 0.536. The number of halogens is 4. The van der Waals surface area contributed by atoms with Gasteiger partial charge in [-0.2, -0.15) is 13.2 Å². The van der Waals surface area contributed by atoms with Crippen LogP contribution in [-0.4, -0.2) is 93.9 Å². The SMILES string of the molecule is CCCN(CCN1C[C@H](c2ccc3c(c2)OCO3)[C@@H](C(=O)O)[C@@H]1c1ccc(OC)c(F)c1)S(=O)(=O)CCOCC(F)(F)F. The third-order valence-corrected chi connectivity index (χ3v) is 9.31. The summed E-state index contributed by atoms with van der Waals surface area (Å²) >= 11 is 0. The molecule has 0 unspecified atom stereocenters. The van der Waals surface area contributed by atoms with E-state index in [1.807, 2.05) is 0 Å². The smallest absolute Gasteiger partial charge is 0.411 e. The van der Waals surface area contributed by atoms with Crippen LogP contribution in [0.15, 0.2) is 36.4 Å². The fourth-order valence-corrected chi connectivity index (χ4v) is 6.97. The van der Waals surface area contributed by atoms with Crippen molar-refractivity contribution < 1.29 is 54.8 Å². The van der Waals surface area contributed by atoms with Gasteiger partial charge in [-0.3, -0.25) is 9.69 Å². The van der Waals surface area contributed by atoms with Crippen LogP contribution in [0, 0.1) is 11.7 Å². The summed E-state index contributed by atoms with van der Waals surface area (Å²) in [5, 5.41) is 10.4. The molecule has 0 aliphatic carbocycles. The van der Waals surface area contributed by atoms with Crippen molar-refractivity contribution in [1.29, 1.82) is 0 Å². The third kappa shape index (κ3) is 7.88. The Kier molecular flexibility index (Phi) is 10.4. The number of likely N-dealkylation sites (tertiary alicyclic amines) is 1. The average molecular weight is 635 g/mol. The Morgan fingerprint density at radius 2 is 1.84 bits per heavy atom. The monoisotopic (exact) mass is 634 g/mol. The highest BCUT2D eigenvalue weighted by Gasteiger charge is 2.48. The van der Waals surface area contributed by atoms with Crippen LogP contribution in [0.1, 0.15) is 36.4 Å². The molecule has 43 heavy (non-hydrogen) atoms. The summed E-state index contributed by atoms with van der Waals surface area (Å²) in [5.74, 6) is -3.07. The molecule has 0 amide bonds. The van der Waals surface area contributed by atoms with Crippen LogP contribution in [0.4, 0.5) is 17.6 Å². The number of carboxylic acids is 1. The van der Waals surface area contributed by atoms with E-state index in [0.717, 1.165) is 0 Å². The van der Waals surface area contributed by atoms with Crippen molar-refractivity contribution in [3.63, 3.8) is 0 Å². The Hall–Kier alpha value is -3.14. The van der Waals surface area contributed by atoms with E-state index < -0.39 is 64.8 Å². The molecule has 238 valence electrons. The predicted octanol–water partition coefficient (Wildman–Crippen LogP) is 4.03. The van der Waals surface area contributed by atoms with Crippen molar-refractivity contribution >= 4 is 16.0 Å². The molecular weight excluding hydrogens is 600 g/mol. The Balaban J connectivity index is 1.61. The summed E-state index contributed by atoms with van der Waals surface area (Å²) in [5.41, 5.74) is 1.04. The molecule has 3 atom stereocenters. The number of carboxylic acid groups (broad SMARTS) is 1. The molecule has 10 nitrogen and oxygen atoms in total. The molecule has 0 radical (unpaired) electrons. The number of fused-ring (bicyclic) bond motifs is 1. The number of methoxy groups -OCH3 is 1. The van der Waals surface area contributed by atoms with Crippen LogP contribution in [-0.2, 0) is 19.6 Å². The quantitative estimate of drug-likeness (QED) is 0.243. The van der Waals surface area contributed by atoms with Crippen molar-refractivity contribution in [2.75, 3.05) is 59.0 Å². The van der Waals surface area contributed by atoms with Gasteiger partial charge in [0.15, 0.2) is 23.1 Å². The van der Waals surface area contributed by atoms with Crippen molar-refractivity contribution in [1.82, 2.24) is 9.21 Å². The van der Waals surface area contributed by atoms with Crippen molar-refractivity contribution in [2.24, 2.45) is 5.92 Å². The molecule has 0 bridgehead atoms. The largest absolute Gasteiger partial charge is 0.494 e. The highest BCUT2D eigenvalue weighted by molar-refractivity contribution is 7.89. The molecule has 2 heterocycles. The maximum absolute atomic E-state index is 14.8. The third-order valence-electron chi connectivity index (χ3n) is 7.48. The van der Waals surface area contributed by atoms with E-state index in [1.54, 1.807) is 36.1 Å². The fourth-order valence-electron chi connectivity index (χ4n) is 5.57. The number of rotatable bonds is 14. The number of hydrogen-bond donors (Lipinski definition) is 1. The zero-order valence-corrected chi connectivity index (χ0v) is 24.5. The number of ether oxygens (including phenoxy) is 4. The Bertz CT molecular complexity index is 1390. The van der Waals surface area contributed by atoms with E-state index in [-0.39, 0.29) is 38.7 Å². The highest BCUT2D eigenvalue weighted by atomic mass is 32.2. The molecule has 0 spiro atoms. The first-order chi connectivity index (χ1) is 20.3. The van der Waals surface area contributed by atoms with Gasteiger partial charge >= 0.3 is 12.1 Å². The van der Waals surface area contributed by atoms with Crippen LogP contribution in [0.2, 0.25) is 0 Å². The maximum Gasteiger partial charge on any atom is 0.411 e. The van der Waals surface area contributed by atoms with Gasteiger partial charge in [0.05, 0.1) is 25.4 Å². The Morgan fingerprint density at radius 1 is 1.12 bits per heavy atom.